The van der Waals surface area contributed by atoms with E-state index in [0.29, 0.717) is 16.9 Å². The van der Waals surface area contributed by atoms with Crippen LogP contribution in [0.1, 0.15) is 46.0 Å². The lowest BCUT2D eigenvalue weighted by atomic mass is 10.2. The number of aromatic nitrogens is 1. The van der Waals surface area contributed by atoms with Crippen molar-refractivity contribution in [2.75, 3.05) is 5.32 Å². The van der Waals surface area contributed by atoms with Crippen molar-refractivity contribution in [2.45, 2.75) is 33.8 Å². The number of carbonyl (C=O) groups is 2. The van der Waals surface area contributed by atoms with Gasteiger partial charge in [-0.3, -0.25) is 4.79 Å². The first-order valence-corrected chi connectivity index (χ1v) is 7.43. The quantitative estimate of drug-likeness (QED) is 0.877. The summed E-state index contributed by atoms with van der Waals surface area (Å²) < 4.78 is 5.12. The minimum Gasteiger partial charge on any atom is -0.459 e. The summed E-state index contributed by atoms with van der Waals surface area (Å²) in [6.07, 6.45) is -0.169. The Balaban J connectivity index is 2.08. The molecule has 5 heteroatoms. The van der Waals surface area contributed by atoms with Crippen molar-refractivity contribution in [3.8, 4) is 0 Å². The Kier molecular flexibility index (Phi) is 5.11. The number of rotatable bonds is 4. The summed E-state index contributed by atoms with van der Waals surface area (Å²) in [6, 6.07) is 10.2. The number of ether oxygens (including phenoxy) is 1. The molecule has 2 rings (SSSR count). The molecule has 0 radical (unpaired) electrons. The fourth-order valence-corrected chi connectivity index (χ4v) is 2.12. The zero-order chi connectivity index (χ0) is 17.0. The molecular weight excluding hydrogens is 292 g/mol. The minimum atomic E-state index is -0.381. The third kappa shape index (κ3) is 4.64. The van der Waals surface area contributed by atoms with Crippen molar-refractivity contribution in [1.29, 1.82) is 0 Å². The molecule has 0 aliphatic rings. The maximum absolute atomic E-state index is 12.2. The molecule has 0 saturated carbocycles. The van der Waals surface area contributed by atoms with Gasteiger partial charge in [-0.25, -0.2) is 9.78 Å². The maximum atomic E-state index is 12.2. The van der Waals surface area contributed by atoms with E-state index in [0.717, 1.165) is 11.3 Å². The lowest BCUT2D eigenvalue weighted by Crippen LogP contribution is -2.15. The van der Waals surface area contributed by atoms with Gasteiger partial charge in [-0.15, -0.1) is 0 Å². The van der Waals surface area contributed by atoms with Gasteiger partial charge in [0.05, 0.1) is 11.7 Å². The Bertz CT molecular complexity index is 701. The summed E-state index contributed by atoms with van der Waals surface area (Å²) in [5, 5.41) is 2.77. The van der Waals surface area contributed by atoms with Crippen LogP contribution in [0, 0.1) is 13.8 Å². The number of aryl methyl sites for hydroxylation is 2. The van der Waals surface area contributed by atoms with Crippen LogP contribution in [0.4, 0.5) is 5.69 Å². The molecule has 2 aromatic rings. The summed E-state index contributed by atoms with van der Waals surface area (Å²) in [5.74, 6) is -0.664. The lowest BCUT2D eigenvalue weighted by Gasteiger charge is -2.09. The van der Waals surface area contributed by atoms with Crippen LogP contribution < -0.4 is 5.32 Å². The molecule has 0 fully saturated rings. The molecule has 1 aromatic heterocycles. The number of benzene rings is 1. The van der Waals surface area contributed by atoms with Gasteiger partial charge in [0, 0.05) is 11.4 Å². The molecule has 1 amide bonds. The Morgan fingerprint density at radius 2 is 1.74 bits per heavy atom. The SMILES string of the molecule is Cc1cc(C)nc(C(=O)Nc2ccc(C(=O)OC(C)C)cc2)c1. The number of hydrogen-bond donors (Lipinski definition) is 1. The largest absolute Gasteiger partial charge is 0.459 e. The second-order valence-electron chi connectivity index (χ2n) is 5.66. The van der Waals surface area contributed by atoms with Gasteiger partial charge in [0.2, 0.25) is 0 Å². The van der Waals surface area contributed by atoms with Crippen molar-refractivity contribution in [1.82, 2.24) is 4.98 Å². The van der Waals surface area contributed by atoms with Gasteiger partial charge < -0.3 is 10.1 Å². The van der Waals surface area contributed by atoms with Gasteiger partial charge in [0.25, 0.3) is 5.91 Å². The minimum absolute atomic E-state index is 0.169. The molecule has 0 saturated heterocycles. The molecule has 0 aliphatic heterocycles. The van der Waals surface area contributed by atoms with Crippen LogP contribution in [0.3, 0.4) is 0 Å². The van der Waals surface area contributed by atoms with Gasteiger partial charge in [-0.2, -0.15) is 0 Å². The summed E-state index contributed by atoms with van der Waals surface area (Å²) in [5.41, 5.74) is 3.18. The molecule has 120 valence electrons. The zero-order valence-corrected chi connectivity index (χ0v) is 13.7. The lowest BCUT2D eigenvalue weighted by molar-refractivity contribution is 0.0378. The summed E-state index contributed by atoms with van der Waals surface area (Å²) in [6.45, 7) is 7.35. The van der Waals surface area contributed by atoms with E-state index in [1.54, 1.807) is 44.2 Å². The molecule has 23 heavy (non-hydrogen) atoms. The van der Waals surface area contributed by atoms with Crippen molar-refractivity contribution < 1.29 is 14.3 Å². The average molecular weight is 312 g/mol. The molecule has 0 aliphatic carbocycles. The molecule has 0 atom stereocenters. The van der Waals surface area contributed by atoms with E-state index in [9.17, 15) is 9.59 Å². The highest BCUT2D eigenvalue weighted by Crippen LogP contribution is 2.13. The highest BCUT2D eigenvalue weighted by molar-refractivity contribution is 6.03. The highest BCUT2D eigenvalue weighted by atomic mass is 16.5. The summed E-state index contributed by atoms with van der Waals surface area (Å²) >= 11 is 0. The number of nitrogens with one attached hydrogen (secondary N) is 1. The normalized spacial score (nSPS) is 10.5. The third-order valence-corrected chi connectivity index (χ3v) is 3.05. The molecule has 1 N–H and O–H groups in total. The van der Waals surface area contributed by atoms with Gasteiger partial charge in [0.15, 0.2) is 0 Å². The topological polar surface area (TPSA) is 68.3 Å². The fraction of sp³-hybridized carbons (Fsp3) is 0.278. The molecular formula is C18H20N2O3. The first-order valence-electron chi connectivity index (χ1n) is 7.43. The van der Waals surface area contributed by atoms with Crippen molar-refractivity contribution in [2.24, 2.45) is 0 Å². The number of pyridine rings is 1. The Morgan fingerprint density at radius 1 is 1.09 bits per heavy atom. The van der Waals surface area contributed by atoms with Crippen LogP contribution in [0.2, 0.25) is 0 Å². The summed E-state index contributed by atoms with van der Waals surface area (Å²) in [4.78, 5) is 28.2. The second-order valence-corrected chi connectivity index (χ2v) is 5.66. The van der Waals surface area contributed by atoms with E-state index in [4.69, 9.17) is 4.74 Å². The Morgan fingerprint density at radius 3 is 2.30 bits per heavy atom. The first-order chi connectivity index (χ1) is 10.8. The predicted molar refractivity (Wildman–Crippen MR) is 88.7 cm³/mol. The molecule has 0 bridgehead atoms. The highest BCUT2D eigenvalue weighted by Gasteiger charge is 2.11. The average Bonchev–Trinajstić information content (AvgIpc) is 2.46. The van der Waals surface area contributed by atoms with Crippen molar-refractivity contribution in [3.05, 3.63) is 58.9 Å². The zero-order valence-electron chi connectivity index (χ0n) is 13.7. The molecule has 0 spiro atoms. The van der Waals surface area contributed by atoms with Crippen LogP contribution in [0.5, 0.6) is 0 Å². The first kappa shape index (κ1) is 16.7. The van der Waals surface area contributed by atoms with Gasteiger partial charge in [-0.05, 0) is 69.7 Å². The van der Waals surface area contributed by atoms with E-state index in [-0.39, 0.29) is 18.0 Å². The van der Waals surface area contributed by atoms with E-state index in [1.165, 1.54) is 0 Å². The van der Waals surface area contributed by atoms with Crippen LogP contribution >= 0.6 is 0 Å². The standard InChI is InChI=1S/C18H20N2O3/c1-11(2)23-18(22)14-5-7-15(8-6-14)20-17(21)16-10-12(3)9-13(4)19-16/h5-11H,1-4H3,(H,20,21). The number of anilines is 1. The maximum Gasteiger partial charge on any atom is 0.338 e. The third-order valence-electron chi connectivity index (χ3n) is 3.05. The van der Waals surface area contributed by atoms with E-state index in [2.05, 4.69) is 10.3 Å². The number of hydrogen-bond acceptors (Lipinski definition) is 4. The Hall–Kier alpha value is -2.69. The van der Waals surface area contributed by atoms with Crippen molar-refractivity contribution in [3.63, 3.8) is 0 Å². The molecule has 0 unspecified atom stereocenters. The van der Waals surface area contributed by atoms with Crippen LogP contribution in [0.15, 0.2) is 36.4 Å². The smallest absolute Gasteiger partial charge is 0.338 e. The summed E-state index contributed by atoms with van der Waals surface area (Å²) in [7, 11) is 0. The predicted octanol–water partition coefficient (Wildman–Crippen LogP) is 3.52. The molecule has 5 nitrogen and oxygen atoms in total. The molecule has 1 heterocycles. The monoisotopic (exact) mass is 312 g/mol. The Labute approximate surface area is 135 Å². The number of carbonyl (C=O) groups excluding carboxylic acids is 2. The van der Waals surface area contributed by atoms with E-state index >= 15 is 0 Å². The van der Waals surface area contributed by atoms with E-state index in [1.807, 2.05) is 19.9 Å². The van der Waals surface area contributed by atoms with Crippen LogP contribution in [-0.2, 0) is 4.74 Å². The van der Waals surface area contributed by atoms with Gasteiger partial charge in [0.1, 0.15) is 5.69 Å². The van der Waals surface area contributed by atoms with Crippen LogP contribution in [0.25, 0.3) is 0 Å². The van der Waals surface area contributed by atoms with Gasteiger partial charge >= 0.3 is 5.97 Å². The number of nitrogens with zero attached hydrogens (tertiary/aromatic N) is 1. The van der Waals surface area contributed by atoms with Gasteiger partial charge in [-0.1, -0.05) is 0 Å². The molecule has 1 aromatic carbocycles. The second kappa shape index (κ2) is 7.05. The number of amides is 1. The fourth-order valence-electron chi connectivity index (χ4n) is 2.12. The number of esters is 1. The van der Waals surface area contributed by atoms with Crippen LogP contribution in [-0.4, -0.2) is 23.0 Å². The van der Waals surface area contributed by atoms with E-state index < -0.39 is 0 Å². The van der Waals surface area contributed by atoms with Crippen molar-refractivity contribution >= 4 is 17.6 Å².